The van der Waals surface area contributed by atoms with Gasteiger partial charge in [0.2, 0.25) is 94.5 Å². The molecule has 0 spiro atoms. The lowest BCUT2D eigenvalue weighted by Gasteiger charge is -2.38. The van der Waals surface area contributed by atoms with Crippen LogP contribution in [0.4, 0.5) is 0 Å². The highest BCUT2D eigenvalue weighted by Crippen LogP contribution is 2.30. The number of amides is 17. The lowest BCUT2D eigenvalue weighted by atomic mass is 9.85. The fourth-order valence-corrected chi connectivity index (χ4v) is 15.9. The SMILES string of the molecule is C[C@H](N)C(=O)N[C@@H](CSCC(=O)N1CCN2CN(C1)NN(C(=O)[C@@H](C)N)[C@@H](CCC(=O)O)C(=O)N[C@@H](CC(=O)O)C(=O)N[C@@H](Cc1ccccc1)C(=O)N[C@@H](Cc1ccc(O)cc1)C(=O)N[C@@H](CC(=O)O)C(=O)N[C@@H](C(C)(C)C)C(=O)N[C@H](C(N)=O)CSCC2=O)C(=O)N[C@H](C)C(=O)N[C@@H](CC(N)=O)C(=O)N[C@@H](CCC(=O)O)C(=O)N[C@@H](Cc1cccc2ccccc12)C(=O)N[C@]1(C)CC1=O. The van der Waals surface area contributed by atoms with E-state index in [1.165, 1.54) is 83.1 Å². The predicted octanol–water partition coefficient (Wildman–Crippen LogP) is -6.46. The molecule has 50 heteroatoms. The number of carbonyl (C=O) groups excluding carboxylic acids is 18. The van der Waals surface area contributed by atoms with Crippen LogP contribution in [-0.2, 0) is 125 Å². The molecule has 136 heavy (non-hydrogen) atoms. The number of carboxylic acid groups (broad SMARTS) is 4. The summed E-state index contributed by atoms with van der Waals surface area (Å²) in [6.07, 6.45) is -7.89. The number of nitrogens with one attached hydrogen (secondary N) is 13. The van der Waals surface area contributed by atoms with Crippen molar-refractivity contribution in [1.82, 2.24) is 89.2 Å². The molecule has 2 heterocycles. The number of rotatable bonds is 36. The molecule has 1 saturated carbocycles. The molecule has 7 rings (SSSR count). The van der Waals surface area contributed by atoms with Crippen LogP contribution in [0.15, 0.2) is 97.1 Å². The summed E-state index contributed by atoms with van der Waals surface area (Å²) in [5.41, 5.74) is 24.7. The second-order valence-corrected chi connectivity index (χ2v) is 36.2. The first-order valence-electron chi connectivity index (χ1n) is 42.9. The van der Waals surface area contributed by atoms with E-state index in [9.17, 15) is 126 Å². The molecule has 4 aromatic carbocycles. The van der Waals surface area contributed by atoms with Crippen LogP contribution in [0.25, 0.3) is 10.8 Å². The van der Waals surface area contributed by atoms with Crippen molar-refractivity contribution < 1.29 is 131 Å². The molecule has 0 radical (unpaired) electrons. The maximum atomic E-state index is 15.2. The minimum absolute atomic E-state index is 0.0110. The van der Waals surface area contributed by atoms with Gasteiger partial charge in [0.1, 0.15) is 83.8 Å². The van der Waals surface area contributed by atoms with Crippen molar-refractivity contribution in [2.45, 2.75) is 209 Å². The Kier molecular flexibility index (Phi) is 40.4. The van der Waals surface area contributed by atoms with Gasteiger partial charge in [-0.3, -0.25) is 110 Å². The van der Waals surface area contributed by atoms with Gasteiger partial charge in [0.05, 0.1) is 56.2 Å². The molecule has 26 N–H and O–H groups in total. The van der Waals surface area contributed by atoms with E-state index >= 15 is 4.79 Å². The van der Waals surface area contributed by atoms with Gasteiger partial charge in [-0.25, -0.2) is 0 Å². The average Bonchev–Trinajstić information content (AvgIpc) is 1.62. The number of fused-ring (bicyclic) bond motifs is 3. The number of carboxylic acids is 4. The Balaban J connectivity index is 1.19. The van der Waals surface area contributed by atoms with Gasteiger partial charge >= 0.3 is 23.9 Å². The molecule has 1 unspecified atom stereocenters. The van der Waals surface area contributed by atoms with Crippen molar-refractivity contribution in [2.75, 3.05) is 49.4 Å². The van der Waals surface area contributed by atoms with Gasteiger partial charge in [-0.2, -0.15) is 10.5 Å². The molecule has 48 nitrogen and oxygen atoms in total. The number of nitrogens with two attached hydrogens (primary N) is 4. The fourth-order valence-electron chi connectivity index (χ4n) is 14.0. The number of primary amides is 2. The van der Waals surface area contributed by atoms with Gasteiger partial charge in [0.15, 0.2) is 5.78 Å². The van der Waals surface area contributed by atoms with Crippen LogP contribution in [0, 0.1) is 5.41 Å². The van der Waals surface area contributed by atoms with Crippen LogP contribution in [0.1, 0.15) is 117 Å². The minimum atomic E-state index is -2.27. The summed E-state index contributed by atoms with van der Waals surface area (Å²) in [6, 6.07) is -0.0753. The van der Waals surface area contributed by atoms with E-state index in [1.807, 2.05) is 0 Å². The number of phenolic OH excluding ortho intramolecular Hbond substituents is 1. The van der Waals surface area contributed by atoms with Gasteiger partial charge < -0.3 is 122 Å². The Hall–Kier alpha value is -14.0. The number of thioether (sulfide) groups is 2. The van der Waals surface area contributed by atoms with Crippen LogP contribution >= 0.6 is 23.5 Å². The quantitative estimate of drug-likeness (QED) is 0.0201. The van der Waals surface area contributed by atoms with E-state index in [0.717, 1.165) is 34.0 Å². The Morgan fingerprint density at radius 1 is 0.559 bits per heavy atom. The zero-order chi connectivity index (χ0) is 101. The number of nitrogens with zero attached hydrogens (tertiary/aromatic N) is 4. The normalized spacial score (nSPS) is 21.8. The van der Waals surface area contributed by atoms with Crippen LogP contribution in [0.2, 0.25) is 0 Å². The Labute approximate surface area is 787 Å². The van der Waals surface area contributed by atoms with Crippen molar-refractivity contribution in [3.63, 3.8) is 0 Å². The molecular formula is C86H115N21O27S2. The maximum absolute atomic E-state index is 15.2. The third-order valence-corrected chi connectivity index (χ3v) is 23.7. The van der Waals surface area contributed by atoms with E-state index in [1.54, 1.807) is 48.5 Å². The summed E-state index contributed by atoms with van der Waals surface area (Å²) in [5.74, 6) is -28.8. The molecular weight excluding hydrogens is 1820 g/mol. The number of hydrazine groups is 2. The lowest BCUT2D eigenvalue weighted by molar-refractivity contribution is -0.158. The molecule has 2 bridgehead atoms. The Bertz CT molecular complexity index is 5140. The van der Waals surface area contributed by atoms with Crippen LogP contribution < -0.4 is 92.3 Å². The molecule has 16 atom stereocenters. The summed E-state index contributed by atoms with van der Waals surface area (Å²) in [6.45, 7) is 7.06. The third-order valence-electron chi connectivity index (χ3n) is 21.7. The molecule has 1 aliphatic carbocycles. The van der Waals surface area contributed by atoms with E-state index in [-0.39, 0.29) is 29.9 Å². The van der Waals surface area contributed by atoms with Gasteiger partial charge in [-0.15, -0.1) is 23.5 Å². The fraction of sp³-hybridized carbons (Fsp3) is 0.488. The average molecular weight is 1940 g/mol. The highest BCUT2D eigenvalue weighted by Gasteiger charge is 2.52. The molecule has 738 valence electrons. The Morgan fingerprint density at radius 2 is 1.09 bits per heavy atom. The number of benzene rings is 4. The van der Waals surface area contributed by atoms with Gasteiger partial charge in [-0.1, -0.05) is 106 Å². The first-order valence-corrected chi connectivity index (χ1v) is 45.2. The molecule has 0 aromatic heterocycles. The highest BCUT2D eigenvalue weighted by molar-refractivity contribution is 8.00. The molecule has 17 amide bonds. The van der Waals surface area contributed by atoms with Crippen LogP contribution in [-0.4, -0.2) is 315 Å². The van der Waals surface area contributed by atoms with Crippen LogP contribution in [0.5, 0.6) is 5.75 Å². The first kappa shape index (κ1) is 109. The molecule has 3 aliphatic rings. The summed E-state index contributed by atoms with van der Waals surface area (Å²) in [4.78, 5) is 308. The molecule has 2 aliphatic heterocycles. The van der Waals surface area contributed by atoms with E-state index < -0.39 is 327 Å². The number of hydrogen-bond acceptors (Lipinski definition) is 29. The van der Waals surface area contributed by atoms with Crippen molar-refractivity contribution >= 4 is 164 Å². The summed E-state index contributed by atoms with van der Waals surface area (Å²) in [5, 5.41) is 82.4. The number of hydrogen-bond donors (Lipinski definition) is 22. The zero-order valence-corrected chi connectivity index (χ0v) is 77.0. The zero-order valence-electron chi connectivity index (χ0n) is 75.4. The van der Waals surface area contributed by atoms with E-state index in [4.69, 9.17) is 22.9 Å². The van der Waals surface area contributed by atoms with E-state index in [0.29, 0.717) is 45.0 Å². The standard InChI is InChI=1S/C86H115N21O27S2/c1-43(87)72(122)100-60(80(130)91-45(3)73(123)93-56(33-63(89)110)77(127)92-52(24-26-66(113)114)74(124)96-55(81(131)102-86(7)36-62(86)109)32-49-18-13-17-48-16-11-12-19-51(48)49)38-136-40-65(112)105-29-28-104-41-106(42-105)103-107(84(134)44(2)88)61(25-27-67(115)116)82(132)98-57(34-68(117)118)78(128)95-53(30-46-14-9-8-10-15-46)75(125)94-54(31-47-20-22-50(108)23-21-47)76(126)97-58(35-69(119)120)79(129)101-70(85(4,5)6)83(133)99-59(71(90)121)37-135-39-64(104)111/h8-23,43-45,52-61,70,103,108H,24-42,87-88H2,1-7H3,(H2,89,110)(H2,90,121)(H,91,130)(H,92,127)(H,93,123)(H,94,125)(H,95,128)(H,96,124)(H,97,126)(H,98,132)(H,99,133)(H,100,122)(H,101,129)(H,102,131)(H,113,114)(H,115,116)(H,117,118)(H,119,120)/t43-,44+,45+,52-,53-,54-,55-,56-,57-,58-,59-,60-,61-,70+,86+/m0/s1. The largest absolute Gasteiger partial charge is 0.508 e. The molecule has 2 saturated heterocycles. The number of Topliss-reactive ketones (excluding diaryl/α,β-unsaturated/α-hetero) is 1. The minimum Gasteiger partial charge on any atom is -0.508 e. The third kappa shape index (κ3) is 33.9. The second kappa shape index (κ2) is 50.4. The van der Waals surface area contributed by atoms with Crippen LogP contribution in [0.3, 0.4) is 0 Å². The molecule has 4 aromatic rings. The topological polar surface area (TPSA) is 750 Å². The Morgan fingerprint density at radius 3 is 1.65 bits per heavy atom. The highest BCUT2D eigenvalue weighted by atomic mass is 32.2. The smallest absolute Gasteiger partial charge is 0.305 e. The monoisotopic (exact) mass is 1940 g/mol. The second-order valence-electron chi connectivity index (χ2n) is 34.1. The summed E-state index contributed by atoms with van der Waals surface area (Å²) in [7, 11) is 0. The van der Waals surface area contributed by atoms with Gasteiger partial charge in [0.25, 0.3) is 5.91 Å². The number of aromatic hydroxyl groups is 1. The number of phenols is 1. The van der Waals surface area contributed by atoms with Crippen molar-refractivity contribution in [2.24, 2.45) is 28.3 Å². The number of carbonyl (C=O) groups is 22. The lowest BCUT2D eigenvalue weighted by Crippen LogP contribution is -2.66. The number of ketones is 1. The van der Waals surface area contributed by atoms with Gasteiger partial charge in [-0.05, 0) is 85.5 Å². The summed E-state index contributed by atoms with van der Waals surface area (Å²) >= 11 is 1.38. The molecule has 3 fully saturated rings. The van der Waals surface area contributed by atoms with Crippen molar-refractivity contribution in [3.8, 4) is 5.75 Å². The van der Waals surface area contributed by atoms with E-state index in [2.05, 4.69) is 69.3 Å². The maximum Gasteiger partial charge on any atom is 0.305 e. The summed E-state index contributed by atoms with van der Waals surface area (Å²) < 4.78 is 0. The van der Waals surface area contributed by atoms with Crippen molar-refractivity contribution in [3.05, 3.63) is 114 Å². The predicted molar refractivity (Wildman–Crippen MR) is 484 cm³/mol. The number of aliphatic carboxylic acids is 4. The first-order chi connectivity index (χ1) is 63.9. The van der Waals surface area contributed by atoms with Gasteiger partial charge in [0, 0.05) is 63.1 Å². The van der Waals surface area contributed by atoms with Crippen molar-refractivity contribution in [1.29, 1.82) is 0 Å².